The third kappa shape index (κ3) is 5.03. The Kier molecular flexibility index (Phi) is 6.77. The number of benzene rings is 2. The van der Waals surface area contributed by atoms with Gasteiger partial charge in [-0.25, -0.2) is 0 Å². The Morgan fingerprint density at radius 3 is 2.59 bits per heavy atom. The van der Waals surface area contributed by atoms with Gasteiger partial charge in [-0.15, -0.1) is 10.2 Å². The molecule has 0 atom stereocenters. The molecule has 3 aromatic rings. The maximum absolute atomic E-state index is 12.1. The fourth-order valence-corrected chi connectivity index (χ4v) is 3.64. The second-order valence-corrected chi connectivity index (χ2v) is 7.49. The number of nitrogens with zero attached hydrogens (tertiary/aromatic N) is 3. The van der Waals surface area contributed by atoms with Gasteiger partial charge in [-0.1, -0.05) is 65.3 Å². The summed E-state index contributed by atoms with van der Waals surface area (Å²) < 4.78 is 1.95. The van der Waals surface area contributed by atoms with Crippen molar-refractivity contribution in [3.8, 4) is 11.4 Å². The highest BCUT2D eigenvalue weighted by Crippen LogP contribution is 2.29. The number of rotatable bonds is 7. The average Bonchev–Trinajstić information content (AvgIpc) is 3.10. The van der Waals surface area contributed by atoms with E-state index in [1.807, 2.05) is 47.9 Å². The summed E-state index contributed by atoms with van der Waals surface area (Å²) in [5, 5.41) is 13.0. The zero-order chi connectivity index (χ0) is 19.2. The fourth-order valence-electron chi connectivity index (χ4n) is 2.51. The van der Waals surface area contributed by atoms with E-state index in [9.17, 15) is 4.79 Å². The molecule has 0 aliphatic rings. The lowest BCUT2D eigenvalue weighted by Crippen LogP contribution is -2.24. The topological polar surface area (TPSA) is 59.8 Å². The maximum atomic E-state index is 12.1. The second-order valence-electron chi connectivity index (χ2n) is 5.73. The van der Waals surface area contributed by atoms with Crippen molar-refractivity contribution in [2.24, 2.45) is 0 Å². The Bertz CT molecular complexity index is 931. The van der Waals surface area contributed by atoms with Crippen LogP contribution >= 0.6 is 35.0 Å². The van der Waals surface area contributed by atoms with Crippen LogP contribution in [-0.4, -0.2) is 26.4 Å². The van der Waals surface area contributed by atoms with E-state index in [4.69, 9.17) is 23.2 Å². The molecule has 0 fully saturated rings. The zero-order valence-electron chi connectivity index (χ0n) is 14.7. The first-order chi connectivity index (χ1) is 13.1. The van der Waals surface area contributed by atoms with Crippen molar-refractivity contribution >= 4 is 40.9 Å². The van der Waals surface area contributed by atoms with E-state index in [0.29, 0.717) is 34.1 Å². The van der Waals surface area contributed by atoms with Gasteiger partial charge in [-0.05, 0) is 30.7 Å². The molecule has 0 saturated carbocycles. The molecule has 1 amide bonds. The van der Waals surface area contributed by atoms with Gasteiger partial charge in [0.2, 0.25) is 5.91 Å². The van der Waals surface area contributed by atoms with Crippen LogP contribution in [0.3, 0.4) is 0 Å². The van der Waals surface area contributed by atoms with Crippen molar-refractivity contribution in [1.82, 2.24) is 20.1 Å². The van der Waals surface area contributed by atoms with Crippen LogP contribution < -0.4 is 5.32 Å². The fraction of sp³-hybridized carbons (Fsp3) is 0.211. The number of hydrogen-bond donors (Lipinski definition) is 1. The lowest BCUT2D eigenvalue weighted by Gasteiger charge is -2.08. The Morgan fingerprint density at radius 2 is 1.89 bits per heavy atom. The van der Waals surface area contributed by atoms with Crippen LogP contribution in [0.5, 0.6) is 0 Å². The van der Waals surface area contributed by atoms with E-state index >= 15 is 0 Å². The Labute approximate surface area is 172 Å². The molecule has 5 nitrogen and oxygen atoms in total. The molecule has 8 heteroatoms. The number of halogens is 2. The van der Waals surface area contributed by atoms with Crippen molar-refractivity contribution in [3.05, 3.63) is 64.1 Å². The monoisotopic (exact) mass is 420 g/mol. The second kappa shape index (κ2) is 9.26. The Morgan fingerprint density at radius 1 is 1.11 bits per heavy atom. The first-order valence-electron chi connectivity index (χ1n) is 8.40. The highest BCUT2D eigenvalue weighted by Gasteiger charge is 2.15. The van der Waals surface area contributed by atoms with Crippen molar-refractivity contribution in [2.75, 3.05) is 5.75 Å². The molecule has 0 radical (unpaired) electrons. The van der Waals surface area contributed by atoms with E-state index in [2.05, 4.69) is 15.5 Å². The van der Waals surface area contributed by atoms with Gasteiger partial charge in [0.05, 0.1) is 15.8 Å². The average molecular weight is 421 g/mol. The molecule has 0 bridgehead atoms. The zero-order valence-corrected chi connectivity index (χ0v) is 17.0. The molecular weight excluding hydrogens is 403 g/mol. The van der Waals surface area contributed by atoms with Gasteiger partial charge in [0.1, 0.15) is 0 Å². The summed E-state index contributed by atoms with van der Waals surface area (Å²) in [6.07, 6.45) is 0. The third-order valence-corrected chi connectivity index (χ3v) is 5.58. The van der Waals surface area contributed by atoms with Gasteiger partial charge in [-0.2, -0.15) is 0 Å². The molecule has 0 unspecified atom stereocenters. The van der Waals surface area contributed by atoms with Crippen LogP contribution in [0.2, 0.25) is 10.0 Å². The van der Waals surface area contributed by atoms with E-state index in [0.717, 1.165) is 11.1 Å². The lowest BCUT2D eigenvalue weighted by molar-refractivity contribution is -0.118. The molecule has 1 aromatic heterocycles. The number of aromatic nitrogens is 3. The number of amides is 1. The molecule has 0 aliphatic heterocycles. The molecule has 0 spiro atoms. The molecule has 2 aromatic carbocycles. The predicted molar refractivity (Wildman–Crippen MR) is 110 cm³/mol. The molecule has 0 aliphatic carbocycles. The van der Waals surface area contributed by atoms with E-state index < -0.39 is 0 Å². The van der Waals surface area contributed by atoms with Crippen molar-refractivity contribution in [1.29, 1.82) is 0 Å². The van der Waals surface area contributed by atoms with Gasteiger partial charge < -0.3 is 9.88 Å². The number of hydrogen-bond acceptors (Lipinski definition) is 4. The summed E-state index contributed by atoms with van der Waals surface area (Å²) in [5.41, 5.74) is 1.90. The van der Waals surface area contributed by atoms with Crippen molar-refractivity contribution < 1.29 is 4.79 Å². The van der Waals surface area contributed by atoms with Crippen LogP contribution in [0.15, 0.2) is 53.7 Å². The Hall–Kier alpha value is -2.02. The van der Waals surface area contributed by atoms with Gasteiger partial charge in [-0.3, -0.25) is 4.79 Å². The molecule has 0 saturated heterocycles. The third-order valence-electron chi connectivity index (χ3n) is 3.88. The SMILES string of the molecule is CCn1c(SCC(=O)NCc2ccccc2)nnc1-c1ccc(Cl)c(Cl)c1. The minimum atomic E-state index is -0.0504. The highest BCUT2D eigenvalue weighted by atomic mass is 35.5. The predicted octanol–water partition coefficient (Wildman–Crippen LogP) is 4.68. The standard InChI is InChI=1S/C19H18Cl2N4OS/c1-2-25-18(14-8-9-15(20)16(21)10-14)23-24-19(25)27-12-17(26)22-11-13-6-4-3-5-7-13/h3-10H,2,11-12H2,1H3,(H,22,26). The number of carbonyl (C=O) groups is 1. The summed E-state index contributed by atoms with van der Waals surface area (Å²) in [4.78, 5) is 12.1. The van der Waals surface area contributed by atoms with Crippen LogP contribution in [0.25, 0.3) is 11.4 Å². The van der Waals surface area contributed by atoms with Gasteiger partial charge in [0.15, 0.2) is 11.0 Å². The van der Waals surface area contributed by atoms with E-state index in [1.165, 1.54) is 11.8 Å². The van der Waals surface area contributed by atoms with Crippen LogP contribution in [-0.2, 0) is 17.9 Å². The van der Waals surface area contributed by atoms with Crippen molar-refractivity contribution in [3.63, 3.8) is 0 Å². The summed E-state index contributed by atoms with van der Waals surface area (Å²) in [5.74, 6) is 0.917. The van der Waals surface area contributed by atoms with E-state index in [-0.39, 0.29) is 11.7 Å². The van der Waals surface area contributed by atoms with Gasteiger partial charge >= 0.3 is 0 Å². The lowest BCUT2D eigenvalue weighted by atomic mass is 10.2. The quantitative estimate of drug-likeness (QED) is 0.563. The van der Waals surface area contributed by atoms with Crippen molar-refractivity contribution in [2.45, 2.75) is 25.2 Å². The molecular formula is C19H18Cl2N4OS. The summed E-state index contributed by atoms with van der Waals surface area (Å²) >= 11 is 13.4. The van der Waals surface area contributed by atoms with Crippen LogP contribution in [0, 0.1) is 0 Å². The maximum Gasteiger partial charge on any atom is 0.230 e. The first kappa shape index (κ1) is 19.7. The smallest absolute Gasteiger partial charge is 0.230 e. The summed E-state index contributed by atoms with van der Waals surface area (Å²) in [7, 11) is 0. The summed E-state index contributed by atoms with van der Waals surface area (Å²) in [6.45, 7) is 3.19. The molecule has 1 N–H and O–H groups in total. The minimum absolute atomic E-state index is 0.0504. The minimum Gasteiger partial charge on any atom is -0.351 e. The first-order valence-corrected chi connectivity index (χ1v) is 10.1. The highest BCUT2D eigenvalue weighted by molar-refractivity contribution is 7.99. The molecule has 140 valence electrons. The number of thioether (sulfide) groups is 1. The summed E-state index contributed by atoms with van der Waals surface area (Å²) in [6, 6.07) is 15.2. The van der Waals surface area contributed by atoms with E-state index in [1.54, 1.807) is 12.1 Å². The largest absolute Gasteiger partial charge is 0.351 e. The molecule has 27 heavy (non-hydrogen) atoms. The Balaban J connectivity index is 1.64. The van der Waals surface area contributed by atoms with Crippen LogP contribution in [0.4, 0.5) is 0 Å². The number of carbonyl (C=O) groups excluding carboxylic acids is 1. The van der Waals surface area contributed by atoms with Gasteiger partial charge in [0, 0.05) is 18.7 Å². The molecule has 1 heterocycles. The normalized spacial score (nSPS) is 10.8. The molecule has 3 rings (SSSR count). The number of nitrogens with one attached hydrogen (secondary N) is 1. The van der Waals surface area contributed by atoms with Gasteiger partial charge in [0.25, 0.3) is 0 Å². The van der Waals surface area contributed by atoms with Crippen LogP contribution in [0.1, 0.15) is 12.5 Å².